The number of methoxy groups -OCH3 is 1. The van der Waals surface area contributed by atoms with Gasteiger partial charge in [0.25, 0.3) is 5.91 Å². The highest BCUT2D eigenvalue weighted by molar-refractivity contribution is 5.98. The molecule has 0 heterocycles. The Morgan fingerprint density at radius 3 is 2.40 bits per heavy atom. The summed E-state index contributed by atoms with van der Waals surface area (Å²) in [6, 6.07) is 5.79. The highest BCUT2D eigenvalue weighted by atomic mass is 16.5. The van der Waals surface area contributed by atoms with Gasteiger partial charge in [0.05, 0.1) is 12.7 Å². The molecule has 0 saturated heterocycles. The second-order valence-electron chi connectivity index (χ2n) is 5.83. The average Bonchev–Trinajstić information content (AvgIpc) is 2.36. The van der Waals surface area contributed by atoms with Crippen molar-refractivity contribution in [3.63, 3.8) is 0 Å². The second kappa shape index (κ2) is 6.41. The Morgan fingerprint density at radius 2 is 1.90 bits per heavy atom. The molecule has 0 fully saturated rings. The molecule has 5 nitrogen and oxygen atoms in total. The summed E-state index contributed by atoms with van der Waals surface area (Å²) in [4.78, 5) is 23.4. The zero-order valence-electron chi connectivity index (χ0n) is 12.3. The molecule has 0 aliphatic rings. The van der Waals surface area contributed by atoms with Gasteiger partial charge in [0.15, 0.2) is 0 Å². The van der Waals surface area contributed by atoms with E-state index in [0.29, 0.717) is 17.7 Å². The number of carboxylic acid groups (broad SMARTS) is 1. The van der Waals surface area contributed by atoms with Gasteiger partial charge in [-0.05, 0) is 24.0 Å². The van der Waals surface area contributed by atoms with E-state index in [2.05, 4.69) is 5.32 Å². The normalized spacial score (nSPS) is 12.6. The van der Waals surface area contributed by atoms with Crippen LogP contribution in [0.15, 0.2) is 24.3 Å². The van der Waals surface area contributed by atoms with E-state index in [0.717, 1.165) is 0 Å². The predicted molar refractivity (Wildman–Crippen MR) is 76.0 cm³/mol. The van der Waals surface area contributed by atoms with E-state index in [4.69, 9.17) is 4.74 Å². The fraction of sp³-hybridized carbons (Fsp3) is 0.467. The Morgan fingerprint density at radius 1 is 1.30 bits per heavy atom. The number of ether oxygens (including phenoxy) is 1. The van der Waals surface area contributed by atoms with E-state index < -0.39 is 17.9 Å². The fourth-order valence-corrected chi connectivity index (χ4v) is 1.88. The number of hydrogen-bond acceptors (Lipinski definition) is 3. The Balaban J connectivity index is 2.89. The first-order valence-corrected chi connectivity index (χ1v) is 6.41. The van der Waals surface area contributed by atoms with Crippen LogP contribution in [0.2, 0.25) is 0 Å². The van der Waals surface area contributed by atoms with Gasteiger partial charge in [-0.15, -0.1) is 0 Å². The first-order valence-electron chi connectivity index (χ1n) is 6.41. The van der Waals surface area contributed by atoms with Crippen molar-refractivity contribution in [2.24, 2.45) is 5.41 Å². The number of benzene rings is 1. The lowest BCUT2D eigenvalue weighted by Gasteiger charge is -2.24. The number of amides is 1. The number of nitrogens with one attached hydrogen (secondary N) is 1. The average molecular weight is 279 g/mol. The standard InChI is InChI=1S/C15H21NO4/c1-15(2,3)9-11(14(18)19)16-13(17)10-7-5-6-8-12(10)20-4/h5-8,11H,9H2,1-4H3,(H,16,17)(H,18,19). The van der Waals surface area contributed by atoms with Gasteiger partial charge in [-0.2, -0.15) is 0 Å². The molecule has 2 N–H and O–H groups in total. The van der Waals surface area contributed by atoms with Crippen molar-refractivity contribution in [2.45, 2.75) is 33.2 Å². The highest BCUT2D eigenvalue weighted by Crippen LogP contribution is 2.22. The third kappa shape index (κ3) is 4.57. The van der Waals surface area contributed by atoms with E-state index >= 15 is 0 Å². The molecule has 1 aromatic carbocycles. The van der Waals surface area contributed by atoms with Crippen LogP contribution in [-0.4, -0.2) is 30.1 Å². The molecule has 1 rings (SSSR count). The maximum atomic E-state index is 12.2. The van der Waals surface area contributed by atoms with Crippen molar-refractivity contribution < 1.29 is 19.4 Å². The van der Waals surface area contributed by atoms with Crippen molar-refractivity contribution in [3.05, 3.63) is 29.8 Å². The van der Waals surface area contributed by atoms with Crippen LogP contribution in [0.4, 0.5) is 0 Å². The number of carboxylic acids is 1. The van der Waals surface area contributed by atoms with Crippen LogP contribution in [0.5, 0.6) is 5.75 Å². The minimum absolute atomic E-state index is 0.197. The van der Waals surface area contributed by atoms with Crippen molar-refractivity contribution in [1.29, 1.82) is 0 Å². The van der Waals surface area contributed by atoms with E-state index in [1.807, 2.05) is 20.8 Å². The van der Waals surface area contributed by atoms with E-state index in [-0.39, 0.29) is 5.41 Å². The maximum absolute atomic E-state index is 12.2. The third-order valence-electron chi connectivity index (χ3n) is 2.77. The summed E-state index contributed by atoms with van der Waals surface area (Å²) in [6.07, 6.45) is 0.350. The molecule has 1 atom stereocenters. The lowest BCUT2D eigenvalue weighted by molar-refractivity contribution is -0.140. The van der Waals surface area contributed by atoms with Crippen molar-refractivity contribution in [2.75, 3.05) is 7.11 Å². The van der Waals surface area contributed by atoms with Gasteiger partial charge in [-0.25, -0.2) is 4.79 Å². The molecule has 0 aliphatic heterocycles. The van der Waals surface area contributed by atoms with Gasteiger partial charge in [-0.3, -0.25) is 4.79 Å². The molecule has 5 heteroatoms. The van der Waals surface area contributed by atoms with E-state index in [1.54, 1.807) is 24.3 Å². The predicted octanol–water partition coefficient (Wildman–Crippen LogP) is 2.31. The topological polar surface area (TPSA) is 75.6 Å². The maximum Gasteiger partial charge on any atom is 0.326 e. The lowest BCUT2D eigenvalue weighted by atomic mass is 9.88. The molecule has 0 bridgehead atoms. The van der Waals surface area contributed by atoms with Gasteiger partial charge in [0, 0.05) is 0 Å². The first kappa shape index (κ1) is 16.0. The molecule has 20 heavy (non-hydrogen) atoms. The summed E-state index contributed by atoms with van der Waals surface area (Å²) >= 11 is 0. The summed E-state index contributed by atoms with van der Waals surface area (Å²) in [5, 5.41) is 11.8. The second-order valence-corrected chi connectivity index (χ2v) is 5.83. The molecule has 0 saturated carbocycles. The molecule has 1 amide bonds. The molecule has 0 aromatic heterocycles. The van der Waals surface area contributed by atoms with Crippen LogP contribution < -0.4 is 10.1 Å². The molecular formula is C15H21NO4. The van der Waals surface area contributed by atoms with Crippen molar-refractivity contribution >= 4 is 11.9 Å². The molecule has 0 aliphatic carbocycles. The SMILES string of the molecule is COc1ccccc1C(=O)NC(CC(C)(C)C)C(=O)O. The Labute approximate surface area is 118 Å². The van der Waals surface area contributed by atoms with Crippen LogP contribution in [0, 0.1) is 5.41 Å². The zero-order chi connectivity index (χ0) is 15.3. The zero-order valence-corrected chi connectivity index (χ0v) is 12.3. The van der Waals surface area contributed by atoms with E-state index in [1.165, 1.54) is 7.11 Å². The quantitative estimate of drug-likeness (QED) is 0.867. The number of carbonyl (C=O) groups is 2. The number of para-hydroxylation sites is 1. The third-order valence-corrected chi connectivity index (χ3v) is 2.77. The molecule has 1 unspecified atom stereocenters. The van der Waals surface area contributed by atoms with Crippen LogP contribution in [0.1, 0.15) is 37.6 Å². The van der Waals surface area contributed by atoms with Gasteiger partial charge in [0.1, 0.15) is 11.8 Å². The molecular weight excluding hydrogens is 258 g/mol. The first-order chi connectivity index (χ1) is 9.24. The van der Waals surface area contributed by atoms with Crippen LogP contribution >= 0.6 is 0 Å². The summed E-state index contributed by atoms with van der Waals surface area (Å²) < 4.78 is 5.10. The summed E-state index contributed by atoms with van der Waals surface area (Å²) in [5.74, 6) is -1.06. The molecule has 110 valence electrons. The number of aliphatic carboxylic acids is 1. The molecule has 1 aromatic rings. The number of rotatable bonds is 5. The van der Waals surface area contributed by atoms with Crippen molar-refractivity contribution in [1.82, 2.24) is 5.32 Å². The summed E-state index contributed by atoms with van der Waals surface area (Å²) in [5.41, 5.74) is 0.132. The minimum Gasteiger partial charge on any atom is -0.496 e. The van der Waals surface area contributed by atoms with Gasteiger partial charge in [0.2, 0.25) is 0 Å². The largest absolute Gasteiger partial charge is 0.496 e. The fourth-order valence-electron chi connectivity index (χ4n) is 1.88. The number of hydrogen-bond donors (Lipinski definition) is 2. The minimum atomic E-state index is -1.04. The molecule has 0 radical (unpaired) electrons. The summed E-state index contributed by atoms with van der Waals surface area (Å²) in [7, 11) is 1.47. The Bertz CT molecular complexity index is 491. The number of carbonyl (C=O) groups excluding carboxylic acids is 1. The Kier molecular flexibility index (Phi) is 5.13. The van der Waals surface area contributed by atoms with Gasteiger partial charge >= 0.3 is 5.97 Å². The smallest absolute Gasteiger partial charge is 0.326 e. The van der Waals surface area contributed by atoms with Crippen LogP contribution in [0.25, 0.3) is 0 Å². The summed E-state index contributed by atoms with van der Waals surface area (Å²) in [6.45, 7) is 5.79. The monoisotopic (exact) mass is 279 g/mol. The van der Waals surface area contributed by atoms with Crippen LogP contribution in [-0.2, 0) is 4.79 Å². The van der Waals surface area contributed by atoms with E-state index in [9.17, 15) is 14.7 Å². The van der Waals surface area contributed by atoms with Gasteiger partial charge < -0.3 is 15.2 Å². The van der Waals surface area contributed by atoms with Crippen molar-refractivity contribution in [3.8, 4) is 5.75 Å². The van der Waals surface area contributed by atoms with Crippen LogP contribution in [0.3, 0.4) is 0 Å². The van der Waals surface area contributed by atoms with Gasteiger partial charge in [-0.1, -0.05) is 32.9 Å². The Hall–Kier alpha value is -2.04. The molecule has 0 spiro atoms. The lowest BCUT2D eigenvalue weighted by Crippen LogP contribution is -2.43. The highest BCUT2D eigenvalue weighted by Gasteiger charge is 2.27.